The van der Waals surface area contributed by atoms with Gasteiger partial charge in [0.2, 0.25) is 0 Å². The van der Waals surface area contributed by atoms with Gasteiger partial charge in [-0.1, -0.05) is 0 Å². The van der Waals surface area contributed by atoms with Gasteiger partial charge < -0.3 is 25.2 Å². The molecule has 72 valence electrons. The molecule has 0 radical (unpaired) electrons. The van der Waals surface area contributed by atoms with E-state index in [1.807, 2.05) is 0 Å². The molecule has 0 aliphatic carbocycles. The molecule has 5 nitrogen and oxygen atoms in total. The van der Waals surface area contributed by atoms with E-state index in [1.165, 1.54) is 0 Å². The largest absolute Gasteiger partial charge is 0.394 e. The quantitative estimate of drug-likeness (QED) is 0.368. The fourth-order valence-electron chi connectivity index (χ4n) is 1.06. The predicted octanol–water partition coefficient (Wildman–Crippen LogP) is -2.24. The summed E-state index contributed by atoms with van der Waals surface area (Å²) in [5, 5.41) is 35.2. The minimum absolute atomic E-state index is 0.606. The van der Waals surface area contributed by atoms with E-state index >= 15 is 0 Å². The van der Waals surface area contributed by atoms with Crippen molar-refractivity contribution in [2.75, 3.05) is 6.61 Å². The Labute approximate surface area is 68.0 Å². The van der Waals surface area contributed by atoms with Crippen molar-refractivity contribution in [1.82, 2.24) is 0 Å². The predicted molar refractivity (Wildman–Crippen MR) is 34.9 cm³/mol. The summed E-state index contributed by atoms with van der Waals surface area (Å²) in [5.41, 5.74) is 0. The average Bonchev–Trinajstić information content (AvgIpc) is 2.08. The zero-order valence-electron chi connectivity index (χ0n) is 6.17. The van der Waals surface area contributed by atoms with E-state index in [4.69, 9.17) is 20.4 Å². The molecule has 0 aromatic rings. The van der Waals surface area contributed by atoms with Crippen LogP contribution < -0.4 is 0 Å². The summed E-state index contributed by atoms with van der Waals surface area (Å²) in [4.78, 5) is 0. The molecule has 6 heteroatoms. The van der Waals surface area contributed by atoms with Crippen LogP contribution in [0.1, 0.15) is 0 Å². The molecule has 1 saturated heterocycles. The Hall–Kier alpha value is -0.270. The van der Waals surface area contributed by atoms with Crippen LogP contribution in [0.5, 0.6) is 0 Å². The minimum atomic E-state index is -1.99. The molecule has 1 heterocycles. The van der Waals surface area contributed by atoms with Gasteiger partial charge >= 0.3 is 0 Å². The number of hydrogen-bond acceptors (Lipinski definition) is 5. The van der Waals surface area contributed by atoms with Gasteiger partial charge in [-0.15, -0.1) is 0 Å². The lowest BCUT2D eigenvalue weighted by atomic mass is 10.0. The fraction of sp³-hybridized carbons (Fsp3) is 1.00. The Bertz CT molecular complexity index is 150. The van der Waals surface area contributed by atoms with Gasteiger partial charge in [0, 0.05) is 0 Å². The van der Waals surface area contributed by atoms with Crippen LogP contribution in [0, 0.1) is 0 Å². The first-order valence-corrected chi connectivity index (χ1v) is 3.52. The zero-order chi connectivity index (χ0) is 9.30. The lowest BCUT2D eigenvalue weighted by Crippen LogP contribution is -2.56. The summed E-state index contributed by atoms with van der Waals surface area (Å²) in [7, 11) is 0. The monoisotopic (exact) mass is 182 g/mol. The molecule has 1 unspecified atom stereocenters. The number of hydrogen-bond donors (Lipinski definition) is 4. The van der Waals surface area contributed by atoms with E-state index in [-0.39, 0.29) is 0 Å². The molecule has 1 aliphatic heterocycles. The second-order valence-corrected chi connectivity index (χ2v) is 2.67. The third kappa shape index (κ3) is 1.57. The van der Waals surface area contributed by atoms with Crippen molar-refractivity contribution in [1.29, 1.82) is 0 Å². The summed E-state index contributed by atoms with van der Waals surface area (Å²) < 4.78 is 17.3. The maximum atomic E-state index is 12.8. The second kappa shape index (κ2) is 3.63. The molecule has 1 fully saturated rings. The molecule has 0 bridgehead atoms. The molecule has 0 amide bonds. The van der Waals surface area contributed by atoms with Crippen molar-refractivity contribution in [3.63, 3.8) is 0 Å². The Balaban J connectivity index is 2.63. The first kappa shape index (κ1) is 9.82. The number of aliphatic hydroxyl groups is 4. The van der Waals surface area contributed by atoms with Crippen molar-refractivity contribution in [2.24, 2.45) is 0 Å². The van der Waals surface area contributed by atoms with Gasteiger partial charge in [0.1, 0.15) is 18.3 Å². The molecule has 1 aliphatic rings. The molecule has 12 heavy (non-hydrogen) atoms. The number of rotatable bonds is 1. The van der Waals surface area contributed by atoms with Crippen molar-refractivity contribution >= 4 is 0 Å². The van der Waals surface area contributed by atoms with Gasteiger partial charge in [0.15, 0.2) is 12.5 Å². The Morgan fingerprint density at radius 2 is 1.75 bits per heavy atom. The van der Waals surface area contributed by atoms with E-state index < -0.39 is 37.4 Å². The third-order valence-electron chi connectivity index (χ3n) is 1.82. The molecule has 5 atom stereocenters. The third-order valence-corrected chi connectivity index (χ3v) is 1.82. The average molecular weight is 182 g/mol. The van der Waals surface area contributed by atoms with E-state index in [0.29, 0.717) is 0 Å². The van der Waals surface area contributed by atoms with Crippen molar-refractivity contribution < 1.29 is 29.6 Å². The van der Waals surface area contributed by atoms with Gasteiger partial charge in [-0.05, 0) is 0 Å². The number of alkyl halides is 1. The maximum absolute atomic E-state index is 12.8. The summed E-state index contributed by atoms with van der Waals surface area (Å²) >= 11 is 0. The smallest absolute Gasteiger partial charge is 0.184 e. The first-order chi connectivity index (χ1) is 5.57. The second-order valence-electron chi connectivity index (χ2n) is 2.67. The normalized spacial score (nSPS) is 49.2. The van der Waals surface area contributed by atoms with E-state index in [0.717, 1.165) is 0 Å². The van der Waals surface area contributed by atoms with E-state index in [9.17, 15) is 4.39 Å². The van der Waals surface area contributed by atoms with Crippen molar-refractivity contribution in [3.8, 4) is 0 Å². The highest BCUT2D eigenvalue weighted by molar-refractivity contribution is 4.88. The van der Waals surface area contributed by atoms with Crippen LogP contribution >= 0.6 is 0 Å². The maximum Gasteiger partial charge on any atom is 0.184 e. The van der Waals surface area contributed by atoms with Crippen LogP contribution in [0.4, 0.5) is 4.39 Å². The number of aliphatic hydroxyl groups excluding tert-OH is 4. The lowest BCUT2D eigenvalue weighted by molar-refractivity contribution is -0.274. The number of halogens is 1. The number of ether oxygens (including phenoxy) is 1. The van der Waals surface area contributed by atoms with Crippen LogP contribution in [0.2, 0.25) is 0 Å². The van der Waals surface area contributed by atoms with Gasteiger partial charge in [-0.25, -0.2) is 4.39 Å². The Morgan fingerprint density at radius 1 is 1.17 bits per heavy atom. The molecule has 0 aromatic carbocycles. The van der Waals surface area contributed by atoms with Crippen molar-refractivity contribution in [2.45, 2.75) is 30.8 Å². The standard InChI is InChI=1S/C6H11FO5/c7-3-4(9)2(1-8)12-6(11)5(3)10/h2-6,8-11H,1H2/t2-,3-,4-,5-,6?/m1/s1. The Kier molecular flexibility index (Phi) is 2.97. The van der Waals surface area contributed by atoms with Gasteiger partial charge in [-0.2, -0.15) is 0 Å². The minimum Gasteiger partial charge on any atom is -0.394 e. The van der Waals surface area contributed by atoms with Gasteiger partial charge in [0.05, 0.1) is 6.61 Å². The highest BCUT2D eigenvalue weighted by Crippen LogP contribution is 2.21. The van der Waals surface area contributed by atoms with Crippen LogP contribution in [0.3, 0.4) is 0 Å². The molecular formula is C6H11FO5. The molecule has 1 rings (SSSR count). The summed E-state index contributed by atoms with van der Waals surface area (Å²) in [6.45, 7) is -0.606. The van der Waals surface area contributed by atoms with Crippen molar-refractivity contribution in [3.05, 3.63) is 0 Å². The molecule has 0 aromatic heterocycles. The van der Waals surface area contributed by atoms with Crippen LogP contribution in [0.15, 0.2) is 0 Å². The fourth-order valence-corrected chi connectivity index (χ4v) is 1.06. The molecule has 4 N–H and O–H groups in total. The highest BCUT2D eigenvalue weighted by Gasteiger charge is 2.43. The summed E-state index contributed by atoms with van der Waals surface area (Å²) in [6, 6.07) is 0. The van der Waals surface area contributed by atoms with Crippen LogP contribution in [-0.4, -0.2) is 57.8 Å². The molecule has 0 spiro atoms. The SMILES string of the molecule is OC[C@H]1OC(O)[C@H](O)[C@H](F)[C@@H]1O. The molecular weight excluding hydrogens is 171 g/mol. The Morgan fingerprint density at radius 3 is 2.25 bits per heavy atom. The lowest BCUT2D eigenvalue weighted by Gasteiger charge is -2.36. The zero-order valence-corrected chi connectivity index (χ0v) is 6.17. The summed E-state index contributed by atoms with van der Waals surface area (Å²) in [5.74, 6) is 0. The van der Waals surface area contributed by atoms with E-state index in [2.05, 4.69) is 4.74 Å². The summed E-state index contributed by atoms with van der Waals surface area (Å²) in [6.07, 6.45) is -8.24. The topological polar surface area (TPSA) is 90.2 Å². The molecule has 0 saturated carbocycles. The van der Waals surface area contributed by atoms with E-state index in [1.54, 1.807) is 0 Å². The first-order valence-electron chi connectivity index (χ1n) is 3.52. The van der Waals surface area contributed by atoms with Gasteiger partial charge in [0.25, 0.3) is 0 Å². The van der Waals surface area contributed by atoms with Gasteiger partial charge in [-0.3, -0.25) is 0 Å². The van der Waals surface area contributed by atoms with Crippen LogP contribution in [0.25, 0.3) is 0 Å². The van der Waals surface area contributed by atoms with Crippen LogP contribution in [-0.2, 0) is 4.74 Å². The highest BCUT2D eigenvalue weighted by atomic mass is 19.1.